The minimum atomic E-state index is -0.359. The summed E-state index contributed by atoms with van der Waals surface area (Å²) in [5.41, 5.74) is 4.62. The number of hydrogen-bond acceptors (Lipinski definition) is 3. The Morgan fingerprint density at radius 1 is 1.38 bits per heavy atom. The summed E-state index contributed by atoms with van der Waals surface area (Å²) in [6.45, 7) is 4.78. The number of amides is 1. The number of carbonyl (C=O) groups is 1. The summed E-state index contributed by atoms with van der Waals surface area (Å²) in [7, 11) is 1.86. The highest BCUT2D eigenvalue weighted by molar-refractivity contribution is 5.81. The monoisotopic (exact) mass is 327 g/mol. The molecule has 5 nitrogen and oxygen atoms in total. The van der Waals surface area contributed by atoms with Crippen molar-refractivity contribution in [1.82, 2.24) is 15.1 Å². The van der Waals surface area contributed by atoms with Gasteiger partial charge in [-0.05, 0) is 56.7 Å². The molecule has 1 amide bonds. The Balaban J connectivity index is 1.52. The first-order valence-electron chi connectivity index (χ1n) is 8.56. The molecule has 0 bridgehead atoms. The van der Waals surface area contributed by atoms with E-state index in [-0.39, 0.29) is 12.0 Å². The van der Waals surface area contributed by atoms with Crippen LogP contribution in [0.25, 0.3) is 0 Å². The molecule has 1 N–H and O–H groups in total. The summed E-state index contributed by atoms with van der Waals surface area (Å²) in [5, 5.41) is 7.23. The van der Waals surface area contributed by atoms with Gasteiger partial charge in [-0.3, -0.25) is 9.89 Å². The maximum atomic E-state index is 12.6. The minimum absolute atomic E-state index is 0.0742. The smallest absolute Gasteiger partial charge is 0.263 e. The van der Waals surface area contributed by atoms with E-state index in [1.54, 1.807) is 4.90 Å². The van der Waals surface area contributed by atoms with Crippen molar-refractivity contribution in [1.29, 1.82) is 0 Å². The van der Waals surface area contributed by atoms with E-state index in [0.717, 1.165) is 49.4 Å². The van der Waals surface area contributed by atoms with Crippen molar-refractivity contribution in [3.8, 4) is 5.75 Å². The molecule has 3 rings (SSSR count). The molecule has 128 valence electrons. The van der Waals surface area contributed by atoms with E-state index in [9.17, 15) is 4.79 Å². The fraction of sp³-hybridized carbons (Fsp3) is 0.474. The van der Waals surface area contributed by atoms with E-state index in [2.05, 4.69) is 16.3 Å². The molecule has 0 aliphatic carbocycles. The number of rotatable bonds is 5. The van der Waals surface area contributed by atoms with Gasteiger partial charge >= 0.3 is 0 Å². The largest absolute Gasteiger partial charge is 0.480 e. The highest BCUT2D eigenvalue weighted by Gasteiger charge is 2.28. The number of carbonyl (C=O) groups excluding carboxylic acids is 1. The van der Waals surface area contributed by atoms with Crippen LogP contribution in [0.3, 0.4) is 0 Å². The molecule has 1 aliphatic heterocycles. The van der Waals surface area contributed by atoms with Gasteiger partial charge in [0.25, 0.3) is 5.91 Å². The molecule has 0 saturated carbocycles. The van der Waals surface area contributed by atoms with Crippen molar-refractivity contribution in [3.05, 3.63) is 46.8 Å². The molecule has 0 radical (unpaired) electrons. The van der Waals surface area contributed by atoms with Crippen molar-refractivity contribution < 1.29 is 9.53 Å². The van der Waals surface area contributed by atoms with Gasteiger partial charge in [-0.15, -0.1) is 0 Å². The zero-order valence-electron chi connectivity index (χ0n) is 14.6. The number of fused-ring (bicyclic) bond motifs is 1. The molecular weight excluding hydrogens is 302 g/mol. The maximum Gasteiger partial charge on any atom is 0.263 e. The van der Waals surface area contributed by atoms with Gasteiger partial charge in [0.2, 0.25) is 0 Å². The summed E-state index contributed by atoms with van der Waals surface area (Å²) in [6, 6.07) is 7.97. The average Bonchev–Trinajstić information content (AvgIpc) is 2.92. The van der Waals surface area contributed by atoms with Crippen molar-refractivity contribution >= 4 is 5.91 Å². The van der Waals surface area contributed by atoms with Gasteiger partial charge in [-0.1, -0.05) is 18.2 Å². The van der Waals surface area contributed by atoms with Crippen molar-refractivity contribution in [2.24, 2.45) is 0 Å². The van der Waals surface area contributed by atoms with Crippen LogP contribution in [0, 0.1) is 13.8 Å². The van der Waals surface area contributed by atoms with Gasteiger partial charge in [0.05, 0.1) is 5.69 Å². The van der Waals surface area contributed by atoms with Crippen LogP contribution < -0.4 is 4.74 Å². The first-order chi connectivity index (χ1) is 11.6. The number of para-hydroxylation sites is 1. The average molecular weight is 327 g/mol. The Labute approximate surface area is 143 Å². The second kappa shape index (κ2) is 7.07. The van der Waals surface area contributed by atoms with Crippen LogP contribution in [0.15, 0.2) is 24.3 Å². The Morgan fingerprint density at radius 3 is 2.92 bits per heavy atom. The summed E-state index contributed by atoms with van der Waals surface area (Å²) >= 11 is 0. The first kappa shape index (κ1) is 16.6. The van der Waals surface area contributed by atoms with Gasteiger partial charge in [0.15, 0.2) is 6.10 Å². The van der Waals surface area contributed by atoms with E-state index in [0.29, 0.717) is 0 Å². The van der Waals surface area contributed by atoms with E-state index in [1.165, 1.54) is 11.1 Å². The van der Waals surface area contributed by atoms with Crippen molar-refractivity contribution in [2.75, 3.05) is 13.6 Å². The van der Waals surface area contributed by atoms with Crippen LogP contribution in [0.4, 0.5) is 0 Å². The van der Waals surface area contributed by atoms with Gasteiger partial charge < -0.3 is 9.64 Å². The predicted octanol–water partition coefficient (Wildman–Crippen LogP) is 2.81. The maximum absolute atomic E-state index is 12.6. The Morgan fingerprint density at radius 2 is 2.17 bits per heavy atom. The number of aromatic amines is 1. The molecule has 5 heteroatoms. The number of nitrogens with zero attached hydrogens (tertiary/aromatic N) is 2. The normalized spacial score (nSPS) is 16.4. The predicted molar refractivity (Wildman–Crippen MR) is 93.2 cm³/mol. The third-order valence-corrected chi connectivity index (χ3v) is 4.77. The molecule has 0 fully saturated rings. The molecule has 1 aliphatic rings. The summed E-state index contributed by atoms with van der Waals surface area (Å²) < 4.78 is 5.90. The fourth-order valence-electron chi connectivity index (χ4n) is 3.29. The summed E-state index contributed by atoms with van der Waals surface area (Å²) in [5.74, 6) is 0.922. The Kier molecular flexibility index (Phi) is 4.88. The lowest BCUT2D eigenvalue weighted by Gasteiger charge is -2.28. The first-order valence-corrected chi connectivity index (χ1v) is 8.56. The van der Waals surface area contributed by atoms with Gasteiger partial charge in [-0.2, -0.15) is 5.10 Å². The number of likely N-dealkylation sites (N-methyl/N-ethyl adjacent to an activating group) is 1. The van der Waals surface area contributed by atoms with E-state index < -0.39 is 0 Å². The van der Waals surface area contributed by atoms with Crippen molar-refractivity contribution in [2.45, 2.75) is 45.6 Å². The van der Waals surface area contributed by atoms with Gasteiger partial charge in [-0.25, -0.2) is 0 Å². The lowest BCUT2D eigenvalue weighted by molar-refractivity contribution is -0.138. The molecule has 24 heavy (non-hydrogen) atoms. The molecule has 1 atom stereocenters. The second-order valence-corrected chi connectivity index (χ2v) is 6.53. The zero-order chi connectivity index (χ0) is 17.1. The quantitative estimate of drug-likeness (QED) is 0.919. The van der Waals surface area contributed by atoms with Crippen LogP contribution in [0.2, 0.25) is 0 Å². The molecular formula is C19H25N3O2. The SMILES string of the molecule is Cc1n[nH]c(C)c1CCCN(C)C(=O)C1CCc2ccccc2O1. The van der Waals surface area contributed by atoms with Crippen LogP contribution in [0.1, 0.15) is 35.4 Å². The third kappa shape index (κ3) is 3.45. The second-order valence-electron chi connectivity index (χ2n) is 6.53. The summed E-state index contributed by atoms with van der Waals surface area (Å²) in [4.78, 5) is 14.4. The van der Waals surface area contributed by atoms with Gasteiger partial charge in [0.1, 0.15) is 5.75 Å². The lowest BCUT2D eigenvalue weighted by atomic mass is 10.0. The molecule has 0 spiro atoms. The number of nitrogens with one attached hydrogen (secondary N) is 1. The molecule has 0 saturated heterocycles. The molecule has 2 heterocycles. The molecule has 2 aromatic rings. The van der Waals surface area contributed by atoms with E-state index in [1.807, 2.05) is 39.1 Å². The van der Waals surface area contributed by atoms with E-state index >= 15 is 0 Å². The third-order valence-electron chi connectivity index (χ3n) is 4.77. The van der Waals surface area contributed by atoms with Crippen molar-refractivity contribution in [3.63, 3.8) is 0 Å². The van der Waals surface area contributed by atoms with Crippen LogP contribution in [-0.2, 0) is 17.6 Å². The lowest BCUT2D eigenvalue weighted by Crippen LogP contribution is -2.42. The molecule has 1 unspecified atom stereocenters. The summed E-state index contributed by atoms with van der Waals surface area (Å²) in [6.07, 6.45) is 3.14. The zero-order valence-corrected chi connectivity index (χ0v) is 14.6. The van der Waals surface area contributed by atoms with Crippen LogP contribution in [0.5, 0.6) is 5.75 Å². The number of benzene rings is 1. The Hall–Kier alpha value is -2.30. The Bertz CT molecular complexity index is 704. The number of aromatic nitrogens is 2. The van der Waals surface area contributed by atoms with E-state index in [4.69, 9.17) is 4.74 Å². The minimum Gasteiger partial charge on any atom is -0.480 e. The highest BCUT2D eigenvalue weighted by atomic mass is 16.5. The van der Waals surface area contributed by atoms with Crippen LogP contribution in [-0.4, -0.2) is 40.7 Å². The molecule has 1 aromatic heterocycles. The van der Waals surface area contributed by atoms with Gasteiger partial charge in [0, 0.05) is 19.3 Å². The highest BCUT2D eigenvalue weighted by Crippen LogP contribution is 2.27. The number of aryl methyl sites for hydroxylation is 3. The fourth-order valence-corrected chi connectivity index (χ4v) is 3.29. The number of H-pyrrole nitrogens is 1. The van der Waals surface area contributed by atoms with Crippen LogP contribution >= 0.6 is 0 Å². The molecule has 1 aromatic carbocycles. The number of ether oxygens (including phenoxy) is 1. The topological polar surface area (TPSA) is 58.2 Å². The number of hydrogen-bond donors (Lipinski definition) is 1. The standard InChI is InChI=1S/C19H25N3O2/c1-13-16(14(2)21-20-13)8-6-12-22(3)19(23)18-11-10-15-7-4-5-9-17(15)24-18/h4-5,7,9,18H,6,8,10-12H2,1-3H3,(H,20,21).